The van der Waals surface area contributed by atoms with Gasteiger partial charge in [0.15, 0.2) is 0 Å². The van der Waals surface area contributed by atoms with Gasteiger partial charge in [-0.25, -0.2) is 5.43 Å². The number of nitrogens with one attached hydrogen (secondary N) is 2. The van der Waals surface area contributed by atoms with E-state index < -0.39 is 0 Å². The highest BCUT2D eigenvalue weighted by Crippen LogP contribution is 2.26. The van der Waals surface area contributed by atoms with Gasteiger partial charge < -0.3 is 10.1 Å². The van der Waals surface area contributed by atoms with E-state index in [1.54, 1.807) is 6.21 Å². The topological polar surface area (TPSA) is 62.7 Å². The molecular weight excluding hydrogens is 338 g/mol. The molecule has 1 amide bonds. The molecule has 0 radical (unpaired) electrons. The molecule has 5 heteroatoms. The predicted molar refractivity (Wildman–Crippen MR) is 109 cm³/mol. The fourth-order valence-electron chi connectivity index (χ4n) is 2.60. The lowest BCUT2D eigenvalue weighted by Crippen LogP contribution is -2.25. The number of para-hydroxylation sites is 1. The second-order valence-corrected chi connectivity index (χ2v) is 5.70. The molecular formula is C22H19N3O2. The first-order chi connectivity index (χ1) is 13.3. The summed E-state index contributed by atoms with van der Waals surface area (Å²) < 4.78 is 5.60. The molecule has 0 aromatic heterocycles. The first-order valence-corrected chi connectivity index (χ1v) is 8.47. The molecule has 0 aliphatic rings. The molecule has 0 heterocycles. The van der Waals surface area contributed by atoms with Crippen LogP contribution in [0.1, 0.15) is 5.56 Å². The lowest BCUT2D eigenvalue weighted by molar-refractivity contribution is -0.119. The van der Waals surface area contributed by atoms with Crippen molar-refractivity contribution in [2.45, 2.75) is 0 Å². The monoisotopic (exact) mass is 357 g/mol. The Hall–Kier alpha value is -3.78. The third kappa shape index (κ3) is 4.86. The first-order valence-electron chi connectivity index (χ1n) is 8.47. The zero-order valence-electron chi connectivity index (χ0n) is 14.7. The molecule has 0 saturated heterocycles. The highest BCUT2D eigenvalue weighted by atomic mass is 16.5. The summed E-state index contributed by atoms with van der Waals surface area (Å²) >= 11 is 0. The van der Waals surface area contributed by atoms with Gasteiger partial charge in [-0.2, -0.15) is 5.10 Å². The van der Waals surface area contributed by atoms with Gasteiger partial charge in [0.05, 0.1) is 12.8 Å². The molecule has 3 aromatic rings. The summed E-state index contributed by atoms with van der Waals surface area (Å²) in [7, 11) is 0. The van der Waals surface area contributed by atoms with Crippen molar-refractivity contribution in [3.8, 4) is 18.1 Å². The Morgan fingerprint density at radius 2 is 1.85 bits per heavy atom. The van der Waals surface area contributed by atoms with Gasteiger partial charge >= 0.3 is 0 Å². The lowest BCUT2D eigenvalue weighted by Gasteiger charge is -2.10. The lowest BCUT2D eigenvalue weighted by atomic mass is 10.0. The number of nitrogens with zero attached hydrogens (tertiary/aromatic N) is 1. The number of benzene rings is 3. The summed E-state index contributed by atoms with van der Waals surface area (Å²) in [4.78, 5) is 12.0. The molecule has 0 spiro atoms. The van der Waals surface area contributed by atoms with Crippen LogP contribution in [0.3, 0.4) is 0 Å². The molecule has 0 saturated carbocycles. The molecule has 3 rings (SSSR count). The average Bonchev–Trinajstić information content (AvgIpc) is 2.72. The maximum absolute atomic E-state index is 12.0. The van der Waals surface area contributed by atoms with Crippen molar-refractivity contribution in [1.29, 1.82) is 0 Å². The van der Waals surface area contributed by atoms with E-state index in [1.807, 2.05) is 66.7 Å². The molecule has 27 heavy (non-hydrogen) atoms. The largest absolute Gasteiger partial charge is 0.480 e. The Labute approximate surface area is 158 Å². The second-order valence-electron chi connectivity index (χ2n) is 5.70. The van der Waals surface area contributed by atoms with Crippen molar-refractivity contribution < 1.29 is 9.53 Å². The van der Waals surface area contributed by atoms with Gasteiger partial charge in [-0.3, -0.25) is 4.79 Å². The van der Waals surface area contributed by atoms with Gasteiger partial charge in [-0.1, -0.05) is 54.5 Å². The molecule has 0 aliphatic carbocycles. The number of fused-ring (bicyclic) bond motifs is 1. The molecule has 0 atom stereocenters. The minimum atomic E-state index is -0.249. The van der Waals surface area contributed by atoms with Crippen LogP contribution in [0, 0.1) is 12.3 Å². The number of ether oxygens (including phenoxy) is 1. The molecule has 0 unspecified atom stereocenters. The van der Waals surface area contributed by atoms with Crippen LogP contribution < -0.4 is 15.5 Å². The summed E-state index contributed by atoms with van der Waals surface area (Å²) in [5.41, 5.74) is 4.16. The Morgan fingerprint density at radius 3 is 2.67 bits per heavy atom. The van der Waals surface area contributed by atoms with Gasteiger partial charge in [0.1, 0.15) is 12.4 Å². The van der Waals surface area contributed by atoms with Crippen molar-refractivity contribution in [3.63, 3.8) is 0 Å². The average molecular weight is 357 g/mol. The third-order valence-electron chi connectivity index (χ3n) is 3.85. The summed E-state index contributed by atoms with van der Waals surface area (Å²) in [5.74, 6) is 2.82. The molecule has 0 bridgehead atoms. The van der Waals surface area contributed by atoms with Gasteiger partial charge in [-0.15, -0.1) is 6.42 Å². The van der Waals surface area contributed by atoms with E-state index in [-0.39, 0.29) is 19.1 Å². The van der Waals surface area contributed by atoms with Crippen molar-refractivity contribution in [2.75, 3.05) is 18.5 Å². The Kier molecular flexibility index (Phi) is 6.05. The van der Waals surface area contributed by atoms with Crippen molar-refractivity contribution >= 4 is 28.6 Å². The van der Waals surface area contributed by atoms with E-state index >= 15 is 0 Å². The predicted octanol–water partition coefficient (Wildman–Crippen LogP) is 3.41. The number of terminal acetylenes is 1. The van der Waals surface area contributed by atoms with E-state index in [4.69, 9.17) is 11.2 Å². The Bertz CT molecular complexity index is 991. The molecule has 5 nitrogen and oxygen atoms in total. The van der Waals surface area contributed by atoms with Gasteiger partial charge in [0, 0.05) is 11.3 Å². The number of hydrogen-bond donors (Lipinski definition) is 2. The summed E-state index contributed by atoms with van der Waals surface area (Å²) in [5, 5.41) is 9.12. The van der Waals surface area contributed by atoms with Gasteiger partial charge in [0.25, 0.3) is 5.91 Å². The number of hydrazone groups is 1. The third-order valence-corrected chi connectivity index (χ3v) is 3.85. The van der Waals surface area contributed by atoms with Crippen LogP contribution in [0.4, 0.5) is 5.69 Å². The van der Waals surface area contributed by atoms with Crippen LogP contribution in [0.25, 0.3) is 10.8 Å². The van der Waals surface area contributed by atoms with Crippen LogP contribution in [-0.2, 0) is 4.79 Å². The van der Waals surface area contributed by atoms with E-state index in [2.05, 4.69) is 21.8 Å². The minimum Gasteiger partial charge on any atom is -0.480 e. The number of amides is 1. The van der Waals surface area contributed by atoms with Crippen molar-refractivity contribution in [3.05, 3.63) is 72.3 Å². The Balaban J connectivity index is 1.70. The van der Waals surface area contributed by atoms with E-state index in [9.17, 15) is 4.79 Å². The van der Waals surface area contributed by atoms with Crippen molar-refractivity contribution in [1.82, 2.24) is 5.43 Å². The van der Waals surface area contributed by atoms with Crippen LogP contribution >= 0.6 is 0 Å². The molecule has 2 N–H and O–H groups in total. The zero-order chi connectivity index (χ0) is 18.9. The van der Waals surface area contributed by atoms with E-state index in [0.29, 0.717) is 5.75 Å². The summed E-state index contributed by atoms with van der Waals surface area (Å²) in [6, 6.07) is 21.2. The van der Waals surface area contributed by atoms with Gasteiger partial charge in [0.2, 0.25) is 0 Å². The maximum atomic E-state index is 12.0. The van der Waals surface area contributed by atoms with Crippen LogP contribution in [-0.4, -0.2) is 25.3 Å². The first kappa shape index (κ1) is 18.0. The van der Waals surface area contributed by atoms with Crippen LogP contribution in [0.15, 0.2) is 71.8 Å². The fraction of sp³-hybridized carbons (Fsp3) is 0.0909. The van der Waals surface area contributed by atoms with E-state index in [1.165, 1.54) is 0 Å². The van der Waals surface area contributed by atoms with Crippen LogP contribution in [0.2, 0.25) is 0 Å². The van der Waals surface area contributed by atoms with E-state index in [0.717, 1.165) is 22.0 Å². The molecule has 3 aromatic carbocycles. The number of carbonyl (C=O) groups excluding carboxylic acids is 1. The molecule has 134 valence electrons. The Morgan fingerprint density at radius 1 is 1.07 bits per heavy atom. The molecule has 0 aliphatic heterocycles. The van der Waals surface area contributed by atoms with Gasteiger partial charge in [-0.05, 0) is 29.0 Å². The summed E-state index contributed by atoms with van der Waals surface area (Å²) in [6.07, 6.45) is 6.87. The highest BCUT2D eigenvalue weighted by Gasteiger charge is 2.07. The zero-order valence-corrected chi connectivity index (χ0v) is 14.7. The highest BCUT2D eigenvalue weighted by molar-refractivity contribution is 6.02. The van der Waals surface area contributed by atoms with Crippen LogP contribution in [0.5, 0.6) is 5.75 Å². The smallest absolute Gasteiger partial charge is 0.259 e. The number of rotatable bonds is 7. The fourth-order valence-corrected chi connectivity index (χ4v) is 2.60. The maximum Gasteiger partial charge on any atom is 0.259 e. The number of carbonyl (C=O) groups is 1. The number of hydrogen-bond acceptors (Lipinski definition) is 4. The standard InChI is InChI=1S/C22H19N3O2/c1-2-14-27-21-13-12-17-8-6-7-11-19(17)20(21)15-24-25-22(26)16-23-18-9-4-3-5-10-18/h1,3-13,15,23H,14,16H2,(H,25,26)/b24-15-. The summed E-state index contributed by atoms with van der Waals surface area (Å²) in [6.45, 7) is 0.282. The number of anilines is 1. The quantitative estimate of drug-likeness (QED) is 0.387. The normalized spacial score (nSPS) is 10.5. The SMILES string of the molecule is C#CCOc1ccc2ccccc2c1/C=N\NC(=O)CNc1ccccc1. The minimum absolute atomic E-state index is 0.122. The van der Waals surface area contributed by atoms with Crippen molar-refractivity contribution in [2.24, 2.45) is 5.10 Å². The molecule has 0 fully saturated rings. The second kappa shape index (κ2) is 9.07.